The van der Waals surface area contributed by atoms with Crippen LogP contribution in [0.15, 0.2) is 30.3 Å². The molecule has 0 saturated heterocycles. The summed E-state index contributed by atoms with van der Waals surface area (Å²) in [5, 5.41) is 9.75. The van der Waals surface area contributed by atoms with Crippen molar-refractivity contribution in [3.8, 4) is 0 Å². The molecule has 0 radical (unpaired) electrons. The number of rotatable bonds is 2. The van der Waals surface area contributed by atoms with Crippen LogP contribution in [0.3, 0.4) is 0 Å². The van der Waals surface area contributed by atoms with Gasteiger partial charge in [0.05, 0.1) is 0 Å². The SMILES string of the molecule is OC1(C(F)(F)C(F)(F)C(F)(F)F)C=Cc2ccccc21. The Bertz CT molecular complexity index is 561. The quantitative estimate of drug-likeness (QED) is 0.825. The summed E-state index contributed by atoms with van der Waals surface area (Å²) in [4.78, 5) is 0. The van der Waals surface area contributed by atoms with Crippen molar-refractivity contribution in [2.24, 2.45) is 0 Å². The average molecular weight is 300 g/mol. The molecule has 0 aromatic heterocycles. The molecular formula is C12H7F7O. The molecule has 20 heavy (non-hydrogen) atoms. The van der Waals surface area contributed by atoms with Crippen LogP contribution in [-0.2, 0) is 5.60 Å². The first-order valence-electron chi connectivity index (χ1n) is 5.28. The highest BCUT2D eigenvalue weighted by molar-refractivity contribution is 5.65. The first-order chi connectivity index (χ1) is 8.95. The predicted octanol–water partition coefficient (Wildman–Crippen LogP) is 3.73. The lowest BCUT2D eigenvalue weighted by Crippen LogP contribution is -2.61. The third kappa shape index (κ3) is 1.67. The highest BCUT2D eigenvalue weighted by Gasteiger charge is 2.79. The zero-order valence-corrected chi connectivity index (χ0v) is 9.56. The Morgan fingerprint density at radius 1 is 0.900 bits per heavy atom. The van der Waals surface area contributed by atoms with Gasteiger partial charge in [0.15, 0.2) is 5.60 Å². The van der Waals surface area contributed by atoms with Crippen molar-refractivity contribution in [1.82, 2.24) is 0 Å². The second-order valence-corrected chi connectivity index (χ2v) is 4.33. The Labute approximate surface area is 108 Å². The van der Waals surface area contributed by atoms with E-state index in [1.807, 2.05) is 0 Å². The van der Waals surface area contributed by atoms with E-state index in [0.717, 1.165) is 18.2 Å². The number of hydrogen-bond donors (Lipinski definition) is 1. The molecular weight excluding hydrogens is 293 g/mol. The Kier molecular flexibility index (Phi) is 2.94. The van der Waals surface area contributed by atoms with Crippen LogP contribution < -0.4 is 0 Å². The summed E-state index contributed by atoms with van der Waals surface area (Å²) in [6, 6.07) is 4.61. The van der Waals surface area contributed by atoms with Gasteiger partial charge in [-0.3, -0.25) is 0 Å². The van der Waals surface area contributed by atoms with E-state index in [9.17, 15) is 35.8 Å². The van der Waals surface area contributed by atoms with Gasteiger partial charge in [0.1, 0.15) is 0 Å². The van der Waals surface area contributed by atoms with Gasteiger partial charge in [-0.15, -0.1) is 0 Å². The van der Waals surface area contributed by atoms with Crippen LogP contribution in [0.4, 0.5) is 30.7 Å². The number of aliphatic hydroxyl groups is 1. The topological polar surface area (TPSA) is 20.2 Å². The fourth-order valence-corrected chi connectivity index (χ4v) is 1.98. The van der Waals surface area contributed by atoms with Crippen molar-refractivity contribution < 1.29 is 35.8 Å². The van der Waals surface area contributed by atoms with E-state index in [4.69, 9.17) is 0 Å². The zero-order chi connectivity index (χ0) is 15.4. The monoisotopic (exact) mass is 300 g/mol. The van der Waals surface area contributed by atoms with Gasteiger partial charge in [0, 0.05) is 5.56 Å². The lowest BCUT2D eigenvalue weighted by atomic mass is 9.85. The first kappa shape index (κ1) is 14.8. The molecule has 1 aromatic rings. The summed E-state index contributed by atoms with van der Waals surface area (Å²) in [5.41, 5.74) is -4.47. The van der Waals surface area contributed by atoms with E-state index in [1.54, 1.807) is 0 Å². The minimum absolute atomic E-state index is 0.0485. The van der Waals surface area contributed by atoms with Gasteiger partial charge in [-0.2, -0.15) is 30.7 Å². The molecule has 1 aliphatic carbocycles. The van der Waals surface area contributed by atoms with Gasteiger partial charge in [0.25, 0.3) is 0 Å². The smallest absolute Gasteiger partial charge is 0.375 e. The summed E-state index contributed by atoms with van der Waals surface area (Å²) >= 11 is 0. The number of fused-ring (bicyclic) bond motifs is 1. The van der Waals surface area contributed by atoms with Crippen molar-refractivity contribution in [3.05, 3.63) is 41.5 Å². The summed E-state index contributed by atoms with van der Waals surface area (Å²) in [6.45, 7) is 0. The molecule has 1 aliphatic rings. The molecule has 1 atom stereocenters. The summed E-state index contributed by atoms with van der Waals surface area (Å²) in [7, 11) is 0. The summed E-state index contributed by atoms with van der Waals surface area (Å²) in [6.07, 6.45) is -5.37. The highest BCUT2D eigenvalue weighted by Crippen LogP contribution is 2.56. The Hall–Kier alpha value is -1.57. The van der Waals surface area contributed by atoms with Crippen LogP contribution in [0.25, 0.3) is 6.08 Å². The molecule has 2 rings (SSSR count). The van der Waals surface area contributed by atoms with Crippen LogP contribution in [0.1, 0.15) is 11.1 Å². The van der Waals surface area contributed by atoms with E-state index < -0.39 is 29.2 Å². The Morgan fingerprint density at radius 3 is 2.00 bits per heavy atom. The molecule has 1 aromatic carbocycles. The van der Waals surface area contributed by atoms with Crippen molar-refractivity contribution in [2.75, 3.05) is 0 Å². The third-order valence-electron chi connectivity index (χ3n) is 3.10. The van der Waals surface area contributed by atoms with Gasteiger partial charge in [-0.05, 0) is 11.6 Å². The molecule has 0 heterocycles. The number of benzene rings is 1. The molecule has 8 heteroatoms. The van der Waals surface area contributed by atoms with Gasteiger partial charge in [-0.25, -0.2) is 0 Å². The second kappa shape index (κ2) is 3.97. The van der Waals surface area contributed by atoms with E-state index >= 15 is 0 Å². The lowest BCUT2D eigenvalue weighted by molar-refractivity contribution is -0.383. The third-order valence-corrected chi connectivity index (χ3v) is 3.10. The molecule has 110 valence electrons. The van der Waals surface area contributed by atoms with Gasteiger partial charge < -0.3 is 5.11 Å². The number of alkyl halides is 7. The van der Waals surface area contributed by atoms with E-state index in [-0.39, 0.29) is 11.6 Å². The maximum Gasteiger partial charge on any atom is 0.460 e. The fourth-order valence-electron chi connectivity index (χ4n) is 1.98. The Morgan fingerprint density at radius 2 is 1.45 bits per heavy atom. The van der Waals surface area contributed by atoms with Crippen molar-refractivity contribution in [3.63, 3.8) is 0 Å². The lowest BCUT2D eigenvalue weighted by Gasteiger charge is -2.37. The summed E-state index contributed by atoms with van der Waals surface area (Å²) < 4.78 is 89.9. The van der Waals surface area contributed by atoms with Crippen LogP contribution >= 0.6 is 0 Å². The summed E-state index contributed by atoms with van der Waals surface area (Å²) in [5.74, 6) is -12.1. The fraction of sp³-hybridized carbons (Fsp3) is 0.333. The maximum absolute atomic E-state index is 13.7. The average Bonchev–Trinajstić information content (AvgIpc) is 2.68. The molecule has 0 fully saturated rings. The molecule has 0 saturated carbocycles. The van der Waals surface area contributed by atoms with Gasteiger partial charge >= 0.3 is 18.0 Å². The van der Waals surface area contributed by atoms with E-state index in [2.05, 4.69) is 0 Å². The number of hydrogen-bond acceptors (Lipinski definition) is 1. The van der Waals surface area contributed by atoms with E-state index in [0.29, 0.717) is 0 Å². The minimum Gasteiger partial charge on any atom is -0.375 e. The largest absolute Gasteiger partial charge is 0.460 e. The minimum atomic E-state index is -6.49. The van der Waals surface area contributed by atoms with Crippen LogP contribution in [0, 0.1) is 0 Å². The number of halogens is 7. The predicted molar refractivity (Wildman–Crippen MR) is 55.3 cm³/mol. The van der Waals surface area contributed by atoms with Crippen LogP contribution in [0.2, 0.25) is 0 Å². The Balaban J connectivity index is 2.59. The van der Waals surface area contributed by atoms with Crippen LogP contribution in [0.5, 0.6) is 0 Å². The van der Waals surface area contributed by atoms with Crippen molar-refractivity contribution in [2.45, 2.75) is 23.6 Å². The normalized spacial score (nSPS) is 23.0. The molecule has 0 spiro atoms. The van der Waals surface area contributed by atoms with Gasteiger partial charge in [-0.1, -0.05) is 30.3 Å². The van der Waals surface area contributed by atoms with Crippen molar-refractivity contribution in [1.29, 1.82) is 0 Å². The standard InChI is InChI=1S/C12H7F7O/c13-10(14,11(15,16)12(17,18)19)9(20)6-5-7-3-1-2-4-8(7)9/h1-6,20H. The molecule has 0 amide bonds. The molecule has 1 N–H and O–H groups in total. The van der Waals surface area contributed by atoms with Gasteiger partial charge in [0.2, 0.25) is 0 Å². The first-order valence-corrected chi connectivity index (χ1v) is 5.28. The molecule has 1 nitrogen and oxygen atoms in total. The van der Waals surface area contributed by atoms with Crippen LogP contribution in [-0.4, -0.2) is 23.1 Å². The highest BCUT2D eigenvalue weighted by atomic mass is 19.4. The second-order valence-electron chi connectivity index (χ2n) is 4.33. The zero-order valence-electron chi connectivity index (χ0n) is 9.56. The molecule has 1 unspecified atom stereocenters. The molecule has 0 aliphatic heterocycles. The van der Waals surface area contributed by atoms with E-state index in [1.165, 1.54) is 12.1 Å². The van der Waals surface area contributed by atoms with Crippen molar-refractivity contribution >= 4 is 6.08 Å². The maximum atomic E-state index is 13.7. The molecule has 0 bridgehead atoms.